The predicted molar refractivity (Wildman–Crippen MR) is 76.6 cm³/mol. The second-order valence-electron chi connectivity index (χ2n) is 4.65. The third-order valence-electron chi connectivity index (χ3n) is 3.09. The van der Waals surface area contributed by atoms with Crippen LogP contribution < -0.4 is 10.5 Å². The van der Waals surface area contributed by atoms with Crippen molar-refractivity contribution >= 4 is 0 Å². The highest BCUT2D eigenvalue weighted by Crippen LogP contribution is 2.20. The first-order chi connectivity index (χ1) is 9.19. The minimum Gasteiger partial charge on any atom is -0.508 e. The summed E-state index contributed by atoms with van der Waals surface area (Å²) >= 11 is 0. The van der Waals surface area contributed by atoms with Crippen molar-refractivity contribution in [2.45, 2.75) is 12.8 Å². The van der Waals surface area contributed by atoms with E-state index >= 15 is 0 Å². The summed E-state index contributed by atoms with van der Waals surface area (Å²) in [5.74, 6) is 1.25. The van der Waals surface area contributed by atoms with Gasteiger partial charge in [-0.05, 0) is 42.3 Å². The molecule has 19 heavy (non-hydrogen) atoms. The number of benzene rings is 2. The van der Waals surface area contributed by atoms with Crippen molar-refractivity contribution in [1.82, 2.24) is 0 Å². The van der Waals surface area contributed by atoms with Gasteiger partial charge in [-0.2, -0.15) is 0 Å². The van der Waals surface area contributed by atoms with Crippen LogP contribution >= 0.6 is 0 Å². The summed E-state index contributed by atoms with van der Waals surface area (Å²) in [5.41, 5.74) is 8.04. The molecule has 0 aliphatic heterocycles. The van der Waals surface area contributed by atoms with Gasteiger partial charge in [0.05, 0.1) is 6.61 Å². The Kier molecular flexibility index (Phi) is 4.42. The zero-order valence-corrected chi connectivity index (χ0v) is 11.0. The number of phenolic OH excluding ortho intramolecular Hbond substituents is 1. The second kappa shape index (κ2) is 6.25. The van der Waals surface area contributed by atoms with E-state index in [1.54, 1.807) is 12.1 Å². The quantitative estimate of drug-likeness (QED) is 0.866. The maximum Gasteiger partial charge on any atom is 0.119 e. The average molecular weight is 257 g/mol. The molecule has 0 spiro atoms. The van der Waals surface area contributed by atoms with Crippen LogP contribution in [-0.4, -0.2) is 18.3 Å². The summed E-state index contributed by atoms with van der Waals surface area (Å²) in [7, 11) is 0. The molecule has 0 saturated heterocycles. The molecule has 0 bridgehead atoms. The molecule has 0 saturated carbocycles. The first-order valence-electron chi connectivity index (χ1n) is 6.37. The molecule has 2 rings (SSSR count). The van der Waals surface area contributed by atoms with E-state index in [1.807, 2.05) is 43.3 Å². The second-order valence-corrected chi connectivity index (χ2v) is 4.65. The first kappa shape index (κ1) is 13.4. The molecule has 0 fully saturated rings. The fourth-order valence-corrected chi connectivity index (χ4v) is 1.95. The minimum absolute atomic E-state index is 0.126. The zero-order chi connectivity index (χ0) is 13.7. The Hall–Kier alpha value is -2.00. The molecule has 0 amide bonds. The van der Waals surface area contributed by atoms with Crippen molar-refractivity contribution in [2.75, 3.05) is 13.2 Å². The molecule has 100 valence electrons. The van der Waals surface area contributed by atoms with Crippen molar-refractivity contribution < 1.29 is 9.84 Å². The van der Waals surface area contributed by atoms with E-state index < -0.39 is 0 Å². The number of phenols is 1. The Morgan fingerprint density at radius 2 is 1.89 bits per heavy atom. The van der Waals surface area contributed by atoms with Gasteiger partial charge in [-0.3, -0.25) is 0 Å². The lowest BCUT2D eigenvalue weighted by molar-refractivity contribution is 0.290. The van der Waals surface area contributed by atoms with E-state index in [2.05, 4.69) is 0 Å². The van der Waals surface area contributed by atoms with E-state index in [4.69, 9.17) is 10.5 Å². The molecule has 0 aliphatic rings. The Bertz CT molecular complexity index is 523. The summed E-state index contributed by atoms with van der Waals surface area (Å²) in [4.78, 5) is 0. The molecule has 2 aromatic rings. The fourth-order valence-electron chi connectivity index (χ4n) is 1.95. The van der Waals surface area contributed by atoms with Crippen LogP contribution in [0, 0.1) is 6.92 Å². The van der Waals surface area contributed by atoms with Crippen LogP contribution in [0.2, 0.25) is 0 Å². The van der Waals surface area contributed by atoms with Gasteiger partial charge < -0.3 is 15.6 Å². The average Bonchev–Trinajstić information content (AvgIpc) is 2.41. The summed E-state index contributed by atoms with van der Waals surface area (Å²) < 4.78 is 5.78. The lowest BCUT2D eigenvalue weighted by Crippen LogP contribution is -2.19. The minimum atomic E-state index is 0.126. The Morgan fingerprint density at radius 1 is 1.16 bits per heavy atom. The predicted octanol–water partition coefficient (Wildman–Crippen LogP) is 2.82. The lowest BCUT2D eigenvalue weighted by Gasteiger charge is -2.16. The summed E-state index contributed by atoms with van der Waals surface area (Å²) in [6.45, 7) is 3.08. The van der Waals surface area contributed by atoms with Gasteiger partial charge in [-0.15, -0.1) is 0 Å². The van der Waals surface area contributed by atoms with Gasteiger partial charge in [0.15, 0.2) is 0 Å². The first-order valence-corrected chi connectivity index (χ1v) is 6.37. The van der Waals surface area contributed by atoms with E-state index in [0.29, 0.717) is 13.2 Å². The van der Waals surface area contributed by atoms with Gasteiger partial charge in [0, 0.05) is 12.5 Å². The van der Waals surface area contributed by atoms with Crippen LogP contribution in [0.15, 0.2) is 48.5 Å². The maximum absolute atomic E-state index is 9.29. The molecule has 0 radical (unpaired) electrons. The van der Waals surface area contributed by atoms with Gasteiger partial charge in [0.2, 0.25) is 0 Å². The largest absolute Gasteiger partial charge is 0.508 e. The summed E-state index contributed by atoms with van der Waals surface area (Å²) in [6.07, 6.45) is 0. The normalized spacial score (nSPS) is 12.1. The van der Waals surface area contributed by atoms with Gasteiger partial charge in [-0.25, -0.2) is 0 Å². The molecule has 1 atom stereocenters. The Morgan fingerprint density at radius 3 is 2.53 bits per heavy atom. The van der Waals surface area contributed by atoms with Crippen molar-refractivity contribution in [3.05, 3.63) is 59.7 Å². The molecule has 3 N–H and O–H groups in total. The monoisotopic (exact) mass is 257 g/mol. The highest BCUT2D eigenvalue weighted by Gasteiger charge is 2.10. The molecule has 0 aliphatic carbocycles. The van der Waals surface area contributed by atoms with Gasteiger partial charge >= 0.3 is 0 Å². The topological polar surface area (TPSA) is 55.5 Å². The third kappa shape index (κ3) is 3.73. The van der Waals surface area contributed by atoms with Crippen LogP contribution in [0.1, 0.15) is 17.0 Å². The summed E-state index contributed by atoms with van der Waals surface area (Å²) in [5, 5.41) is 9.29. The molecular weight excluding hydrogens is 238 g/mol. The Labute approximate surface area is 113 Å². The molecule has 0 aromatic heterocycles. The highest BCUT2D eigenvalue weighted by molar-refractivity contribution is 5.30. The van der Waals surface area contributed by atoms with Crippen molar-refractivity contribution in [1.29, 1.82) is 0 Å². The molecule has 0 heterocycles. The molecule has 2 aromatic carbocycles. The lowest BCUT2D eigenvalue weighted by atomic mass is 10.0. The van der Waals surface area contributed by atoms with Gasteiger partial charge in [0.25, 0.3) is 0 Å². The fraction of sp³-hybridized carbons (Fsp3) is 0.250. The van der Waals surface area contributed by atoms with Gasteiger partial charge in [-0.1, -0.05) is 24.3 Å². The maximum atomic E-state index is 9.29. The number of hydrogen-bond donors (Lipinski definition) is 2. The number of hydrogen-bond acceptors (Lipinski definition) is 3. The van der Waals surface area contributed by atoms with Crippen molar-refractivity contribution in [2.24, 2.45) is 5.73 Å². The highest BCUT2D eigenvalue weighted by atomic mass is 16.5. The number of nitrogens with two attached hydrogens (primary N) is 1. The standard InChI is InChI=1S/C16H19NO2/c1-12-3-2-4-16(9-12)19-11-14(10-17)13-5-7-15(18)8-6-13/h2-9,14,18H,10-11,17H2,1H3. The van der Waals surface area contributed by atoms with E-state index in [9.17, 15) is 5.11 Å². The number of aromatic hydroxyl groups is 1. The smallest absolute Gasteiger partial charge is 0.119 e. The van der Waals surface area contributed by atoms with Crippen LogP contribution in [0.4, 0.5) is 0 Å². The Balaban J connectivity index is 2.01. The molecule has 3 nitrogen and oxygen atoms in total. The number of aryl methyl sites for hydroxylation is 1. The van der Waals surface area contributed by atoms with E-state index in [0.717, 1.165) is 11.3 Å². The van der Waals surface area contributed by atoms with Crippen molar-refractivity contribution in [3.63, 3.8) is 0 Å². The van der Waals surface area contributed by atoms with Crippen LogP contribution in [0.25, 0.3) is 0 Å². The SMILES string of the molecule is Cc1cccc(OCC(CN)c2ccc(O)cc2)c1. The number of rotatable bonds is 5. The molecule has 1 unspecified atom stereocenters. The van der Waals surface area contributed by atoms with Crippen LogP contribution in [0.3, 0.4) is 0 Å². The van der Waals surface area contributed by atoms with E-state index in [1.165, 1.54) is 5.56 Å². The van der Waals surface area contributed by atoms with Crippen LogP contribution in [-0.2, 0) is 0 Å². The van der Waals surface area contributed by atoms with Crippen molar-refractivity contribution in [3.8, 4) is 11.5 Å². The third-order valence-corrected chi connectivity index (χ3v) is 3.09. The zero-order valence-electron chi connectivity index (χ0n) is 11.0. The van der Waals surface area contributed by atoms with E-state index in [-0.39, 0.29) is 11.7 Å². The van der Waals surface area contributed by atoms with Crippen LogP contribution in [0.5, 0.6) is 11.5 Å². The van der Waals surface area contributed by atoms with Gasteiger partial charge in [0.1, 0.15) is 11.5 Å². The molecular formula is C16H19NO2. The summed E-state index contributed by atoms with van der Waals surface area (Å²) in [6, 6.07) is 15.1. The molecule has 3 heteroatoms. The number of ether oxygens (including phenoxy) is 1.